The number of sulfone groups is 1. The molecule has 5 nitrogen and oxygen atoms in total. The normalized spacial score (nSPS) is 12.5. The smallest absolute Gasteiger partial charge is 0.294 e. The lowest BCUT2D eigenvalue weighted by Crippen LogP contribution is -2.23. The lowest BCUT2D eigenvalue weighted by atomic mass is 10.1. The van der Waals surface area contributed by atoms with E-state index in [9.17, 15) is 26.4 Å². The first-order chi connectivity index (χ1) is 13.4. The van der Waals surface area contributed by atoms with Crippen LogP contribution in [-0.4, -0.2) is 23.7 Å². The minimum absolute atomic E-state index is 0.0447. The van der Waals surface area contributed by atoms with Gasteiger partial charge in [-0.15, -0.1) is 0 Å². The molecule has 29 heavy (non-hydrogen) atoms. The van der Waals surface area contributed by atoms with Crippen molar-refractivity contribution in [2.75, 3.05) is 5.75 Å². The largest absolute Gasteiger partial charge is 0.416 e. The second-order valence-corrected chi connectivity index (χ2v) is 10.2. The van der Waals surface area contributed by atoms with Crippen LogP contribution in [0.5, 0.6) is 0 Å². The van der Waals surface area contributed by atoms with Gasteiger partial charge in [0.25, 0.3) is 5.56 Å². The summed E-state index contributed by atoms with van der Waals surface area (Å²) in [5.74, 6) is -0.131. The average Bonchev–Trinajstić information content (AvgIpc) is 2.63. The molecule has 0 bridgehead atoms. The van der Waals surface area contributed by atoms with E-state index in [1.807, 2.05) is 0 Å². The lowest BCUT2D eigenvalue weighted by molar-refractivity contribution is -0.137. The summed E-state index contributed by atoms with van der Waals surface area (Å²) in [7, 11) is -3.57. The highest BCUT2D eigenvalue weighted by Gasteiger charge is 2.32. The van der Waals surface area contributed by atoms with Gasteiger partial charge in [-0.2, -0.15) is 13.2 Å². The molecule has 2 aromatic carbocycles. The van der Waals surface area contributed by atoms with Gasteiger partial charge in [0.2, 0.25) is 0 Å². The van der Waals surface area contributed by atoms with E-state index in [0.717, 1.165) is 16.7 Å². The van der Waals surface area contributed by atoms with Crippen LogP contribution < -0.4 is 5.56 Å². The first kappa shape index (κ1) is 22.0. The zero-order valence-corrected chi connectivity index (χ0v) is 18.8. The summed E-state index contributed by atoms with van der Waals surface area (Å²) >= 11 is 6.29. The van der Waals surface area contributed by atoms with Crippen LogP contribution in [0.2, 0.25) is 0 Å². The molecule has 0 unspecified atom stereocenters. The molecule has 0 aliphatic carbocycles. The molecule has 0 saturated heterocycles. The van der Waals surface area contributed by atoms with Crippen LogP contribution in [-0.2, 0) is 22.6 Å². The fourth-order valence-corrected chi connectivity index (χ4v) is 4.90. The van der Waals surface area contributed by atoms with Crippen molar-refractivity contribution < 1.29 is 21.6 Å². The van der Waals surface area contributed by atoms with Gasteiger partial charge in [-0.1, -0.05) is 22.9 Å². The molecule has 0 aliphatic rings. The molecule has 1 heterocycles. The van der Waals surface area contributed by atoms with E-state index in [2.05, 4.69) is 36.8 Å². The van der Waals surface area contributed by atoms with Crippen molar-refractivity contribution in [1.29, 1.82) is 0 Å². The molecule has 3 aromatic rings. The van der Waals surface area contributed by atoms with E-state index in [0.29, 0.717) is 10.0 Å². The summed E-state index contributed by atoms with van der Waals surface area (Å²) in [5.41, 5.74) is -1.27. The van der Waals surface area contributed by atoms with E-state index in [1.165, 1.54) is 19.3 Å². The number of hydrogen-bond donors (Lipinski definition) is 0. The lowest BCUT2D eigenvalue weighted by Gasteiger charge is -2.13. The Balaban J connectivity index is 2.20. The van der Waals surface area contributed by atoms with Gasteiger partial charge in [0, 0.05) is 8.95 Å². The highest BCUT2D eigenvalue weighted by Crippen LogP contribution is 2.33. The fourth-order valence-electron chi connectivity index (χ4n) is 2.82. The molecule has 0 aliphatic heterocycles. The highest BCUT2D eigenvalue weighted by molar-refractivity contribution is 9.11. The third-order valence-corrected chi connectivity index (χ3v) is 7.21. The van der Waals surface area contributed by atoms with Gasteiger partial charge in [-0.25, -0.2) is 13.4 Å². The molecular formula is C18H13Br2F3N2O3S. The maximum atomic E-state index is 13.1. The monoisotopic (exact) mass is 552 g/mol. The Labute approximate surface area is 180 Å². The summed E-state index contributed by atoms with van der Waals surface area (Å²) in [5, 5.41) is -0.218. The molecule has 0 radical (unpaired) electrons. The fraction of sp³-hybridized carbons (Fsp3) is 0.222. The first-order valence-electron chi connectivity index (χ1n) is 8.21. The molecule has 0 atom stereocenters. The molecule has 11 heteroatoms. The van der Waals surface area contributed by atoms with Crippen molar-refractivity contribution in [3.63, 3.8) is 0 Å². The summed E-state index contributed by atoms with van der Waals surface area (Å²) < 4.78 is 65.8. The van der Waals surface area contributed by atoms with Gasteiger partial charge in [0.15, 0.2) is 9.84 Å². The second kappa shape index (κ2) is 7.84. The maximum absolute atomic E-state index is 13.1. The number of fused-ring (bicyclic) bond motifs is 1. The topological polar surface area (TPSA) is 69.0 Å². The predicted molar refractivity (Wildman–Crippen MR) is 110 cm³/mol. The summed E-state index contributed by atoms with van der Waals surface area (Å²) in [6, 6.07) is 6.16. The van der Waals surface area contributed by atoms with Gasteiger partial charge in [0.1, 0.15) is 0 Å². The standard InChI is InChI=1S/C18H13Br2F3N2O3S/c1-2-29(27,28)15-4-3-12(19)5-10(15)8-25-9-24-16-13(17(25)26)6-11(7-14(16)20)18(21,22)23/h3-7,9H,2,8H2,1H3. The molecular weight excluding hydrogens is 541 g/mol. The summed E-state index contributed by atoms with van der Waals surface area (Å²) in [6.45, 7) is 1.34. The number of nitrogens with zero attached hydrogens (tertiary/aromatic N) is 2. The number of aromatic nitrogens is 2. The average molecular weight is 554 g/mol. The van der Waals surface area contributed by atoms with Crippen LogP contribution in [0.25, 0.3) is 10.9 Å². The van der Waals surface area contributed by atoms with E-state index in [4.69, 9.17) is 0 Å². The Morgan fingerprint density at radius 2 is 1.83 bits per heavy atom. The summed E-state index contributed by atoms with van der Waals surface area (Å²) in [4.78, 5) is 17.0. The quantitative estimate of drug-likeness (QED) is 0.466. The van der Waals surface area contributed by atoms with Crippen molar-refractivity contribution in [3.05, 3.63) is 67.1 Å². The maximum Gasteiger partial charge on any atom is 0.416 e. The summed E-state index contributed by atoms with van der Waals surface area (Å²) in [6.07, 6.45) is -3.44. The SMILES string of the molecule is CCS(=O)(=O)c1ccc(Br)cc1Cn1cnc2c(Br)cc(C(F)(F)F)cc2c1=O. The predicted octanol–water partition coefficient (Wildman–Crippen LogP) is 4.78. The number of alkyl halides is 3. The molecule has 1 aromatic heterocycles. The molecule has 0 saturated carbocycles. The van der Waals surface area contributed by atoms with Crippen molar-refractivity contribution in [3.8, 4) is 0 Å². The Morgan fingerprint density at radius 3 is 2.45 bits per heavy atom. The van der Waals surface area contributed by atoms with Crippen LogP contribution in [0.15, 0.2) is 55.3 Å². The third-order valence-electron chi connectivity index (χ3n) is 4.29. The van der Waals surface area contributed by atoms with E-state index in [1.54, 1.807) is 12.1 Å². The van der Waals surface area contributed by atoms with Crippen molar-refractivity contribution in [2.24, 2.45) is 0 Å². The second-order valence-electron chi connectivity index (χ2n) is 6.19. The number of halogens is 5. The Kier molecular flexibility index (Phi) is 5.94. The van der Waals surface area contributed by atoms with Crippen LogP contribution in [0.1, 0.15) is 18.1 Å². The van der Waals surface area contributed by atoms with Gasteiger partial charge in [-0.05, 0) is 51.8 Å². The van der Waals surface area contributed by atoms with Crippen molar-refractivity contribution in [1.82, 2.24) is 9.55 Å². The highest BCUT2D eigenvalue weighted by atomic mass is 79.9. The Morgan fingerprint density at radius 1 is 1.14 bits per heavy atom. The van der Waals surface area contributed by atoms with Crippen LogP contribution in [0, 0.1) is 0 Å². The molecule has 154 valence electrons. The van der Waals surface area contributed by atoms with E-state index >= 15 is 0 Å². The van der Waals surface area contributed by atoms with Gasteiger partial charge in [-0.3, -0.25) is 9.36 Å². The molecule has 0 amide bonds. The minimum Gasteiger partial charge on any atom is -0.294 e. The number of benzene rings is 2. The van der Waals surface area contributed by atoms with Crippen molar-refractivity contribution in [2.45, 2.75) is 24.5 Å². The van der Waals surface area contributed by atoms with Crippen molar-refractivity contribution >= 4 is 52.6 Å². The van der Waals surface area contributed by atoms with E-state index < -0.39 is 27.1 Å². The first-order valence-corrected chi connectivity index (χ1v) is 11.4. The Hall–Kier alpha value is -1.72. The molecule has 0 spiro atoms. The van der Waals surface area contributed by atoms with Gasteiger partial charge in [0.05, 0.1) is 40.0 Å². The van der Waals surface area contributed by atoms with E-state index in [-0.39, 0.29) is 32.6 Å². The van der Waals surface area contributed by atoms with Crippen LogP contribution >= 0.6 is 31.9 Å². The molecule has 0 fully saturated rings. The Bertz CT molecular complexity index is 1270. The number of rotatable bonds is 4. The third kappa shape index (κ3) is 4.41. The zero-order chi connectivity index (χ0) is 21.6. The molecule has 0 N–H and O–H groups in total. The van der Waals surface area contributed by atoms with Crippen LogP contribution in [0.3, 0.4) is 0 Å². The van der Waals surface area contributed by atoms with Gasteiger partial charge < -0.3 is 0 Å². The van der Waals surface area contributed by atoms with Gasteiger partial charge >= 0.3 is 6.18 Å². The number of hydrogen-bond acceptors (Lipinski definition) is 4. The molecule has 3 rings (SSSR count). The minimum atomic E-state index is -4.63. The van der Waals surface area contributed by atoms with Crippen LogP contribution in [0.4, 0.5) is 13.2 Å². The zero-order valence-electron chi connectivity index (χ0n) is 14.8.